The van der Waals surface area contributed by atoms with E-state index in [-0.39, 0.29) is 0 Å². The number of hydrogen-bond acceptors (Lipinski definition) is 0. The summed E-state index contributed by atoms with van der Waals surface area (Å²) in [5, 5.41) is 6.02. The molecule has 4 heteroatoms. The molecule has 0 radical (unpaired) electrons. The summed E-state index contributed by atoms with van der Waals surface area (Å²) in [5.74, 6) is 0. The molecule has 0 saturated heterocycles. The second-order valence-electron chi connectivity index (χ2n) is 24.3. The van der Waals surface area contributed by atoms with Crippen LogP contribution in [0.2, 0.25) is 0 Å². The van der Waals surface area contributed by atoms with E-state index in [1.54, 1.807) is 0 Å². The normalized spacial score (nSPS) is 11.6. The predicted octanol–water partition coefficient (Wildman–Crippen LogP) is 24.0. The van der Waals surface area contributed by atoms with Crippen LogP contribution in [0.1, 0.15) is 0 Å². The quantitative estimate of drug-likeness (QED) is 0.116. The van der Waals surface area contributed by atoms with Crippen LogP contribution < -0.4 is 0 Å². The lowest BCUT2D eigenvalue weighted by molar-refractivity contribution is 1.13. The number of nitrogens with zero attached hydrogens (tertiary/aromatic N) is 4. The molecule has 0 saturated carbocycles. The first-order valence-corrected chi connectivity index (χ1v) is 32.3. The van der Waals surface area contributed by atoms with Gasteiger partial charge in [0.1, 0.15) is 0 Å². The topological polar surface area (TPSA) is 19.7 Å². The van der Waals surface area contributed by atoms with E-state index in [1.807, 2.05) is 0 Å². The van der Waals surface area contributed by atoms with E-state index in [1.165, 1.54) is 105 Å². The largest absolute Gasteiger partial charge is 0.309 e. The molecule has 0 amide bonds. The lowest BCUT2D eigenvalue weighted by Crippen LogP contribution is -1.97. The first-order valence-electron chi connectivity index (χ1n) is 32.3. The van der Waals surface area contributed by atoms with Crippen molar-refractivity contribution in [2.24, 2.45) is 0 Å². The average molecular weight is 1200 g/mol. The van der Waals surface area contributed by atoms with E-state index < -0.39 is 0 Å². The third-order valence-electron chi connectivity index (χ3n) is 19.0. The maximum Gasteiger partial charge on any atom is 0.0619 e. The van der Waals surface area contributed by atoms with Crippen molar-refractivity contribution in [1.82, 2.24) is 18.3 Å². The average Bonchev–Trinajstić information content (AvgIpc) is 1.61. The van der Waals surface area contributed by atoms with Crippen molar-refractivity contribution in [2.75, 3.05) is 0 Å². The maximum absolute atomic E-state index is 2.46. The lowest BCUT2D eigenvalue weighted by atomic mass is 9.95. The fraction of sp³-hybridized carbons (Fsp3) is 0. The zero-order valence-corrected chi connectivity index (χ0v) is 51.4. The Bertz CT molecular complexity index is 5560. The summed E-state index contributed by atoms with van der Waals surface area (Å²) in [5.41, 5.74) is 29.1. The molecule has 0 atom stereocenters. The van der Waals surface area contributed by atoms with Crippen LogP contribution in [0.5, 0.6) is 0 Å². The Morgan fingerprint density at radius 3 is 0.691 bits per heavy atom. The molecule has 0 aliphatic carbocycles. The van der Waals surface area contributed by atoms with E-state index in [0.29, 0.717) is 0 Å². The summed E-state index contributed by atoms with van der Waals surface area (Å²) in [6, 6.07) is 133. The van der Waals surface area contributed by atoms with Gasteiger partial charge in [-0.1, -0.05) is 273 Å². The van der Waals surface area contributed by atoms with E-state index >= 15 is 0 Å². The number of hydrogen-bond donors (Lipinski definition) is 0. The van der Waals surface area contributed by atoms with Crippen LogP contribution in [0.3, 0.4) is 0 Å². The number of fused-ring (bicyclic) bond motifs is 6. The van der Waals surface area contributed by atoms with Gasteiger partial charge in [-0.05, 0) is 147 Å². The van der Waals surface area contributed by atoms with Gasteiger partial charge in [-0.15, -0.1) is 0 Å². The molecule has 4 heterocycles. The first-order chi connectivity index (χ1) is 46.7. The third kappa shape index (κ3) is 9.06. The van der Waals surface area contributed by atoms with Crippen LogP contribution in [0, 0.1) is 0 Å². The van der Waals surface area contributed by atoms with Crippen LogP contribution >= 0.6 is 0 Å². The Morgan fingerprint density at radius 1 is 0.138 bits per heavy atom. The molecule has 0 spiro atoms. The molecule has 0 aliphatic heterocycles. The van der Waals surface area contributed by atoms with Gasteiger partial charge < -0.3 is 18.3 Å². The predicted molar refractivity (Wildman–Crippen MR) is 395 cm³/mol. The van der Waals surface area contributed by atoms with Crippen molar-refractivity contribution in [3.63, 3.8) is 0 Å². The Labute approximate surface area is 545 Å². The van der Waals surface area contributed by atoms with Crippen LogP contribution in [0.4, 0.5) is 0 Å². The van der Waals surface area contributed by atoms with Gasteiger partial charge in [0.15, 0.2) is 0 Å². The highest BCUT2D eigenvalue weighted by Gasteiger charge is 2.26. The second-order valence-corrected chi connectivity index (χ2v) is 24.3. The van der Waals surface area contributed by atoms with Crippen LogP contribution in [0.25, 0.3) is 167 Å². The van der Waals surface area contributed by atoms with E-state index in [9.17, 15) is 0 Å². The Hall–Kier alpha value is -12.5. The smallest absolute Gasteiger partial charge is 0.0619 e. The van der Waals surface area contributed by atoms with E-state index in [4.69, 9.17) is 0 Å². The fourth-order valence-corrected chi connectivity index (χ4v) is 14.8. The molecule has 4 nitrogen and oxygen atoms in total. The van der Waals surface area contributed by atoms with Crippen molar-refractivity contribution in [2.45, 2.75) is 0 Å². The fourth-order valence-electron chi connectivity index (χ4n) is 14.8. The van der Waals surface area contributed by atoms with Crippen molar-refractivity contribution in [3.8, 4) is 112 Å². The van der Waals surface area contributed by atoms with Gasteiger partial charge in [-0.2, -0.15) is 0 Å². The minimum absolute atomic E-state index is 1.10. The molecule has 18 aromatic rings. The highest BCUT2D eigenvalue weighted by atomic mass is 15.0. The monoisotopic (exact) mass is 1200 g/mol. The van der Waals surface area contributed by atoms with Crippen molar-refractivity contribution >= 4 is 54.5 Å². The molecule has 18 rings (SSSR count). The van der Waals surface area contributed by atoms with Gasteiger partial charge in [0.25, 0.3) is 0 Å². The molecule has 0 bridgehead atoms. The summed E-state index contributed by atoms with van der Waals surface area (Å²) in [7, 11) is 0. The minimum Gasteiger partial charge on any atom is -0.309 e. The summed E-state index contributed by atoms with van der Waals surface area (Å²) in [4.78, 5) is 0. The standard InChI is InChI=1S/C90H60N4/c1-7-25-66(26-8-1)88-85(75-37-19-22-40-80(75)92(88)71-31-13-4-14-32-71)63-47-43-61(44-48-63)69-53-57-83-78(59-69)79-60-70(62-45-49-64(50-46-62)86-76-38-20-23-41-81(76)93(72-33-15-5-16-34-72)89(86)67-27-9-2-10-28-67)54-58-84(79)91(83)74-55-51-65(52-56-74)87-77-39-21-24-42-82(77)94(73-35-17-6-18-36-73)90(87)68-29-11-3-12-30-68/h1-60H. The maximum atomic E-state index is 2.46. The van der Waals surface area contributed by atoms with Gasteiger partial charge in [-0.25, -0.2) is 0 Å². The number of para-hydroxylation sites is 6. The Kier molecular flexibility index (Phi) is 13.2. The molecular weight excluding hydrogens is 1140 g/mol. The van der Waals surface area contributed by atoms with Crippen molar-refractivity contribution in [3.05, 3.63) is 364 Å². The van der Waals surface area contributed by atoms with Gasteiger partial charge >= 0.3 is 0 Å². The molecule has 0 N–H and O–H groups in total. The molecule has 440 valence electrons. The molecule has 0 fully saturated rings. The SMILES string of the molecule is c1ccc(-c2c(-c3ccc(-c4ccc5c(c4)c4cc(-c6ccc(-c7c(-c8ccccc8)n(-c8ccccc8)c8ccccc78)cc6)ccc4n5-c4ccc(-c5c(-c6ccccc6)n(-c6ccccc6)c6ccccc56)cc4)cc3)c3ccccc3n2-c2ccccc2)cc1. The highest BCUT2D eigenvalue weighted by molar-refractivity contribution is 6.13. The molecule has 14 aromatic carbocycles. The van der Waals surface area contributed by atoms with Gasteiger partial charge in [0.05, 0.1) is 44.7 Å². The van der Waals surface area contributed by atoms with Crippen LogP contribution in [-0.2, 0) is 0 Å². The lowest BCUT2D eigenvalue weighted by Gasteiger charge is -2.14. The number of rotatable bonds is 12. The van der Waals surface area contributed by atoms with Crippen molar-refractivity contribution < 1.29 is 0 Å². The van der Waals surface area contributed by atoms with Gasteiger partial charge in [0, 0.05) is 66.4 Å². The minimum atomic E-state index is 1.10. The summed E-state index contributed by atoms with van der Waals surface area (Å²) < 4.78 is 9.73. The highest BCUT2D eigenvalue weighted by Crippen LogP contribution is 2.48. The second kappa shape index (κ2) is 22.8. The molecule has 0 aliphatic rings. The zero-order valence-electron chi connectivity index (χ0n) is 51.4. The van der Waals surface area contributed by atoms with Gasteiger partial charge in [0.2, 0.25) is 0 Å². The Balaban J connectivity index is 0.787. The molecule has 94 heavy (non-hydrogen) atoms. The van der Waals surface area contributed by atoms with Crippen molar-refractivity contribution in [1.29, 1.82) is 0 Å². The Morgan fingerprint density at radius 2 is 0.372 bits per heavy atom. The van der Waals surface area contributed by atoms with E-state index in [0.717, 1.165) is 61.6 Å². The van der Waals surface area contributed by atoms with Crippen LogP contribution in [0.15, 0.2) is 364 Å². The van der Waals surface area contributed by atoms with Gasteiger partial charge in [-0.3, -0.25) is 0 Å². The number of benzene rings is 14. The molecular formula is C90H60N4. The summed E-state index contributed by atoms with van der Waals surface area (Å²) in [6.07, 6.45) is 0. The summed E-state index contributed by atoms with van der Waals surface area (Å²) >= 11 is 0. The van der Waals surface area contributed by atoms with E-state index in [2.05, 4.69) is 382 Å². The molecule has 0 unspecified atom stereocenters. The summed E-state index contributed by atoms with van der Waals surface area (Å²) in [6.45, 7) is 0. The van der Waals surface area contributed by atoms with Crippen LogP contribution in [-0.4, -0.2) is 18.3 Å². The number of aromatic nitrogens is 4. The first kappa shape index (κ1) is 54.4. The zero-order chi connectivity index (χ0) is 62.1. The third-order valence-corrected chi connectivity index (χ3v) is 19.0. The molecule has 4 aromatic heterocycles.